The van der Waals surface area contributed by atoms with Crippen LogP contribution in [0.2, 0.25) is 0 Å². The van der Waals surface area contributed by atoms with Crippen molar-refractivity contribution < 1.29 is 0 Å². The average molecular weight is 257 g/mol. The quantitative estimate of drug-likeness (QED) is 0.798. The third-order valence-electron chi connectivity index (χ3n) is 4.26. The standard InChI is InChI=1S/C18H27N/c1-5-19-14-18(12-6-7-13-18)16-10-8-15(9-11-16)17(2,3)4/h6-11,19H,5,12-14H2,1-4H3. The summed E-state index contributed by atoms with van der Waals surface area (Å²) in [6, 6.07) is 9.29. The Morgan fingerprint density at radius 1 is 1.05 bits per heavy atom. The smallest absolute Gasteiger partial charge is 0.0146 e. The van der Waals surface area contributed by atoms with Crippen molar-refractivity contribution in [2.45, 2.75) is 51.4 Å². The molecule has 2 rings (SSSR count). The molecule has 0 saturated carbocycles. The molecular formula is C18H27N. The summed E-state index contributed by atoms with van der Waals surface area (Å²) in [5.74, 6) is 0. The largest absolute Gasteiger partial charge is 0.316 e. The Bertz CT molecular complexity index is 426. The van der Waals surface area contributed by atoms with Gasteiger partial charge in [0.15, 0.2) is 0 Å². The van der Waals surface area contributed by atoms with Gasteiger partial charge in [-0.25, -0.2) is 0 Å². The molecule has 1 aromatic rings. The van der Waals surface area contributed by atoms with E-state index in [-0.39, 0.29) is 10.8 Å². The van der Waals surface area contributed by atoms with Crippen molar-refractivity contribution in [1.82, 2.24) is 5.32 Å². The van der Waals surface area contributed by atoms with Gasteiger partial charge in [0.1, 0.15) is 0 Å². The first-order valence-corrected chi connectivity index (χ1v) is 7.45. The SMILES string of the molecule is CCNCC1(c2ccc(C(C)(C)C)cc2)CC=CC1. The predicted molar refractivity (Wildman–Crippen MR) is 83.7 cm³/mol. The minimum Gasteiger partial charge on any atom is -0.316 e. The molecule has 0 heterocycles. The van der Waals surface area contributed by atoms with E-state index in [9.17, 15) is 0 Å². The second-order valence-corrected chi connectivity index (χ2v) is 6.77. The lowest BCUT2D eigenvalue weighted by Crippen LogP contribution is -2.36. The number of rotatable bonds is 4. The summed E-state index contributed by atoms with van der Waals surface area (Å²) in [4.78, 5) is 0. The first kappa shape index (κ1) is 14.3. The maximum atomic E-state index is 3.53. The van der Waals surface area contributed by atoms with Crippen LogP contribution < -0.4 is 5.32 Å². The van der Waals surface area contributed by atoms with Gasteiger partial charge in [-0.1, -0.05) is 64.1 Å². The van der Waals surface area contributed by atoms with E-state index in [0.29, 0.717) is 0 Å². The van der Waals surface area contributed by atoms with E-state index in [1.54, 1.807) is 0 Å². The summed E-state index contributed by atoms with van der Waals surface area (Å²) < 4.78 is 0. The van der Waals surface area contributed by atoms with Gasteiger partial charge in [0, 0.05) is 12.0 Å². The summed E-state index contributed by atoms with van der Waals surface area (Å²) >= 11 is 0. The fourth-order valence-electron chi connectivity index (χ4n) is 2.87. The first-order chi connectivity index (χ1) is 8.98. The zero-order valence-corrected chi connectivity index (χ0v) is 12.8. The molecule has 0 fully saturated rings. The molecule has 1 heteroatoms. The van der Waals surface area contributed by atoms with E-state index in [2.05, 4.69) is 69.4 Å². The summed E-state index contributed by atoms with van der Waals surface area (Å²) in [6.45, 7) is 11.1. The zero-order chi connectivity index (χ0) is 13.9. The van der Waals surface area contributed by atoms with Crippen LogP contribution in [0.25, 0.3) is 0 Å². The van der Waals surface area contributed by atoms with Crippen LogP contribution in [0.4, 0.5) is 0 Å². The highest BCUT2D eigenvalue weighted by Gasteiger charge is 2.32. The van der Waals surface area contributed by atoms with Gasteiger partial charge in [-0.3, -0.25) is 0 Å². The topological polar surface area (TPSA) is 12.0 Å². The normalized spacial score (nSPS) is 17.9. The van der Waals surface area contributed by atoms with E-state index in [4.69, 9.17) is 0 Å². The van der Waals surface area contributed by atoms with Gasteiger partial charge in [-0.15, -0.1) is 0 Å². The Morgan fingerprint density at radius 2 is 1.63 bits per heavy atom. The molecule has 1 aliphatic rings. The third kappa shape index (κ3) is 3.09. The Morgan fingerprint density at radius 3 is 2.11 bits per heavy atom. The maximum Gasteiger partial charge on any atom is 0.0146 e. The number of nitrogens with one attached hydrogen (secondary N) is 1. The third-order valence-corrected chi connectivity index (χ3v) is 4.26. The zero-order valence-electron chi connectivity index (χ0n) is 12.8. The van der Waals surface area contributed by atoms with Crippen LogP contribution >= 0.6 is 0 Å². The molecule has 0 saturated heterocycles. The molecule has 104 valence electrons. The van der Waals surface area contributed by atoms with Gasteiger partial charge in [0.05, 0.1) is 0 Å². The van der Waals surface area contributed by atoms with Crippen LogP contribution in [-0.2, 0) is 10.8 Å². The number of benzene rings is 1. The molecular weight excluding hydrogens is 230 g/mol. The van der Waals surface area contributed by atoms with Crippen LogP contribution in [0, 0.1) is 0 Å². The number of hydrogen-bond donors (Lipinski definition) is 1. The summed E-state index contributed by atoms with van der Waals surface area (Å²) in [7, 11) is 0. The molecule has 0 atom stereocenters. The van der Waals surface area contributed by atoms with Crippen molar-refractivity contribution in [3.05, 3.63) is 47.5 Å². The lowest BCUT2D eigenvalue weighted by Gasteiger charge is -2.31. The Balaban J connectivity index is 2.23. The second kappa shape index (κ2) is 5.50. The average Bonchev–Trinajstić information content (AvgIpc) is 2.85. The molecule has 0 bridgehead atoms. The highest BCUT2D eigenvalue weighted by Crippen LogP contribution is 2.37. The fraction of sp³-hybridized carbons (Fsp3) is 0.556. The van der Waals surface area contributed by atoms with Gasteiger partial charge in [0.25, 0.3) is 0 Å². The lowest BCUT2D eigenvalue weighted by atomic mass is 9.76. The summed E-state index contributed by atoms with van der Waals surface area (Å²) in [5, 5.41) is 3.53. The molecule has 0 aliphatic heterocycles. The highest BCUT2D eigenvalue weighted by molar-refractivity contribution is 5.35. The van der Waals surface area contributed by atoms with Crippen molar-refractivity contribution in [3.63, 3.8) is 0 Å². The Kier molecular flexibility index (Phi) is 4.15. The van der Waals surface area contributed by atoms with E-state index in [0.717, 1.165) is 25.9 Å². The molecule has 0 spiro atoms. The molecule has 0 aromatic heterocycles. The summed E-state index contributed by atoms with van der Waals surface area (Å²) in [6.07, 6.45) is 6.98. The molecule has 1 aliphatic carbocycles. The van der Waals surface area contributed by atoms with Crippen molar-refractivity contribution in [2.24, 2.45) is 0 Å². The minimum absolute atomic E-state index is 0.237. The molecule has 0 radical (unpaired) electrons. The molecule has 0 unspecified atom stereocenters. The maximum absolute atomic E-state index is 3.53. The monoisotopic (exact) mass is 257 g/mol. The van der Waals surface area contributed by atoms with Gasteiger partial charge >= 0.3 is 0 Å². The van der Waals surface area contributed by atoms with Crippen LogP contribution in [0.15, 0.2) is 36.4 Å². The van der Waals surface area contributed by atoms with Gasteiger partial charge in [-0.05, 0) is 35.9 Å². The van der Waals surface area contributed by atoms with Gasteiger partial charge in [0.2, 0.25) is 0 Å². The van der Waals surface area contributed by atoms with Gasteiger partial charge in [-0.2, -0.15) is 0 Å². The lowest BCUT2D eigenvalue weighted by molar-refractivity contribution is 0.424. The highest BCUT2D eigenvalue weighted by atomic mass is 14.9. The Hall–Kier alpha value is -1.08. The molecule has 19 heavy (non-hydrogen) atoms. The van der Waals surface area contributed by atoms with E-state index >= 15 is 0 Å². The number of likely N-dealkylation sites (N-methyl/N-ethyl adjacent to an activating group) is 1. The van der Waals surface area contributed by atoms with Crippen molar-refractivity contribution in [2.75, 3.05) is 13.1 Å². The predicted octanol–water partition coefficient (Wildman–Crippen LogP) is 4.18. The second-order valence-electron chi connectivity index (χ2n) is 6.77. The minimum atomic E-state index is 0.237. The van der Waals surface area contributed by atoms with Crippen molar-refractivity contribution >= 4 is 0 Å². The van der Waals surface area contributed by atoms with Crippen molar-refractivity contribution in [3.8, 4) is 0 Å². The van der Waals surface area contributed by atoms with Crippen LogP contribution in [0.1, 0.15) is 51.7 Å². The van der Waals surface area contributed by atoms with Crippen LogP contribution in [0.3, 0.4) is 0 Å². The van der Waals surface area contributed by atoms with Crippen molar-refractivity contribution in [1.29, 1.82) is 0 Å². The molecule has 1 nitrogen and oxygen atoms in total. The fourth-order valence-corrected chi connectivity index (χ4v) is 2.87. The van der Waals surface area contributed by atoms with E-state index < -0.39 is 0 Å². The van der Waals surface area contributed by atoms with Crippen LogP contribution in [-0.4, -0.2) is 13.1 Å². The Labute approximate surface area is 118 Å². The first-order valence-electron chi connectivity index (χ1n) is 7.45. The summed E-state index contributed by atoms with van der Waals surface area (Å²) in [5.41, 5.74) is 3.42. The van der Waals surface area contributed by atoms with Gasteiger partial charge < -0.3 is 5.32 Å². The molecule has 1 N–H and O–H groups in total. The molecule has 1 aromatic carbocycles. The number of hydrogen-bond acceptors (Lipinski definition) is 1. The molecule has 0 amide bonds. The van der Waals surface area contributed by atoms with E-state index in [1.165, 1.54) is 11.1 Å². The van der Waals surface area contributed by atoms with E-state index in [1.807, 2.05) is 0 Å². The van der Waals surface area contributed by atoms with Crippen LogP contribution in [0.5, 0.6) is 0 Å². The number of allylic oxidation sites excluding steroid dienone is 2.